The first-order valence-electron chi connectivity index (χ1n) is 8.48. The number of Topliss-reactive ketones (excluding diaryl/α,β-unsaturated/α-hetero) is 1. The third-order valence-corrected chi connectivity index (χ3v) is 6.64. The molecule has 6 nitrogen and oxygen atoms in total. The van der Waals surface area contributed by atoms with Crippen molar-refractivity contribution in [3.8, 4) is 0 Å². The highest BCUT2D eigenvalue weighted by Crippen LogP contribution is 2.27. The van der Waals surface area contributed by atoms with Gasteiger partial charge in [-0.2, -0.15) is 4.31 Å². The molecule has 2 aromatic carbocycles. The van der Waals surface area contributed by atoms with E-state index < -0.39 is 22.0 Å². The fraction of sp³-hybridized carbons (Fsp3) is 0.263. The highest BCUT2D eigenvalue weighted by Gasteiger charge is 2.39. The minimum Gasteiger partial charge on any atom is -0.325 e. The van der Waals surface area contributed by atoms with E-state index in [0.717, 1.165) is 0 Å². The van der Waals surface area contributed by atoms with Crippen LogP contribution in [0.5, 0.6) is 0 Å². The van der Waals surface area contributed by atoms with Crippen LogP contribution in [0.15, 0.2) is 53.4 Å². The molecule has 1 fully saturated rings. The fourth-order valence-electron chi connectivity index (χ4n) is 3.07. The molecule has 27 heavy (non-hydrogen) atoms. The van der Waals surface area contributed by atoms with E-state index >= 15 is 0 Å². The van der Waals surface area contributed by atoms with Gasteiger partial charge in [-0.15, -0.1) is 0 Å². The van der Waals surface area contributed by atoms with Crippen LogP contribution < -0.4 is 5.32 Å². The van der Waals surface area contributed by atoms with Crippen LogP contribution in [-0.2, 0) is 14.8 Å². The van der Waals surface area contributed by atoms with Crippen molar-refractivity contribution >= 4 is 39.0 Å². The predicted octanol–water partition coefficient (Wildman–Crippen LogP) is 3.33. The summed E-state index contributed by atoms with van der Waals surface area (Å²) in [4.78, 5) is 24.3. The van der Waals surface area contributed by atoms with Gasteiger partial charge >= 0.3 is 0 Å². The molecule has 0 saturated carbocycles. The first-order valence-corrected chi connectivity index (χ1v) is 10.3. The summed E-state index contributed by atoms with van der Waals surface area (Å²) < 4.78 is 27.1. The van der Waals surface area contributed by atoms with Gasteiger partial charge in [0.05, 0.1) is 4.90 Å². The van der Waals surface area contributed by atoms with Crippen LogP contribution in [0.1, 0.15) is 30.1 Å². The number of carbonyl (C=O) groups is 2. The SMILES string of the molecule is CC(=O)c1cccc(NC(=O)[C@@H]2CCCN2S(=O)(=O)c2ccc(Cl)cc2)c1. The second-order valence-corrected chi connectivity index (χ2v) is 8.68. The van der Waals surface area contributed by atoms with E-state index in [4.69, 9.17) is 11.6 Å². The number of hydrogen-bond acceptors (Lipinski definition) is 4. The Hall–Kier alpha value is -2.22. The van der Waals surface area contributed by atoms with Crippen LogP contribution in [0, 0.1) is 0 Å². The summed E-state index contributed by atoms with van der Waals surface area (Å²) in [6.45, 7) is 1.72. The maximum absolute atomic E-state index is 12.9. The Balaban J connectivity index is 1.81. The van der Waals surface area contributed by atoms with Crippen LogP contribution in [0.4, 0.5) is 5.69 Å². The van der Waals surface area contributed by atoms with Crippen LogP contribution in [-0.4, -0.2) is 37.0 Å². The number of halogens is 1. The zero-order valence-electron chi connectivity index (χ0n) is 14.7. The zero-order valence-corrected chi connectivity index (χ0v) is 16.3. The van der Waals surface area contributed by atoms with E-state index in [-0.39, 0.29) is 17.2 Å². The number of nitrogens with zero attached hydrogens (tertiary/aromatic N) is 1. The fourth-order valence-corrected chi connectivity index (χ4v) is 4.86. The summed E-state index contributed by atoms with van der Waals surface area (Å²) in [5.41, 5.74) is 0.938. The van der Waals surface area contributed by atoms with Gasteiger partial charge in [-0.25, -0.2) is 8.42 Å². The highest BCUT2D eigenvalue weighted by atomic mass is 35.5. The van der Waals surface area contributed by atoms with Crippen LogP contribution in [0.25, 0.3) is 0 Å². The van der Waals surface area contributed by atoms with Gasteiger partial charge in [0, 0.05) is 22.8 Å². The van der Waals surface area contributed by atoms with Crippen LogP contribution in [0.2, 0.25) is 5.02 Å². The Bertz CT molecular complexity index is 973. The molecular weight excluding hydrogens is 388 g/mol. The summed E-state index contributed by atoms with van der Waals surface area (Å²) >= 11 is 5.83. The molecule has 0 spiro atoms. The number of nitrogens with one attached hydrogen (secondary N) is 1. The molecule has 0 aromatic heterocycles. The lowest BCUT2D eigenvalue weighted by Gasteiger charge is -2.23. The summed E-state index contributed by atoms with van der Waals surface area (Å²) in [6, 6.07) is 11.6. The van der Waals surface area contributed by atoms with Gasteiger partial charge in [0.15, 0.2) is 5.78 Å². The van der Waals surface area contributed by atoms with Crippen LogP contribution >= 0.6 is 11.6 Å². The van der Waals surface area contributed by atoms with E-state index in [0.29, 0.717) is 29.1 Å². The standard InChI is InChI=1S/C19H19ClN2O4S/c1-13(23)14-4-2-5-16(12-14)21-19(24)18-6-3-11-22(18)27(25,26)17-9-7-15(20)8-10-17/h2,4-5,7-10,12,18H,3,6,11H2,1H3,(H,21,24)/t18-/m0/s1. The van der Waals surface area contributed by atoms with Crippen LogP contribution in [0.3, 0.4) is 0 Å². The number of sulfonamides is 1. The van der Waals surface area contributed by atoms with Gasteiger partial charge < -0.3 is 5.32 Å². The molecule has 1 saturated heterocycles. The van der Waals surface area contributed by atoms with Crippen molar-refractivity contribution in [3.05, 3.63) is 59.1 Å². The molecule has 0 aliphatic carbocycles. The van der Waals surface area contributed by atoms with Gasteiger partial charge in [0.25, 0.3) is 0 Å². The maximum atomic E-state index is 12.9. The normalized spacial score (nSPS) is 17.6. The summed E-state index contributed by atoms with van der Waals surface area (Å²) in [5.74, 6) is -0.523. The molecule has 0 bridgehead atoms. The number of hydrogen-bond donors (Lipinski definition) is 1. The van der Waals surface area contributed by atoms with Crippen molar-refractivity contribution in [1.82, 2.24) is 4.31 Å². The van der Waals surface area contributed by atoms with Crippen molar-refractivity contribution in [3.63, 3.8) is 0 Å². The average Bonchev–Trinajstić information content (AvgIpc) is 3.13. The highest BCUT2D eigenvalue weighted by molar-refractivity contribution is 7.89. The Morgan fingerprint density at radius 1 is 1.15 bits per heavy atom. The summed E-state index contributed by atoms with van der Waals surface area (Å²) in [7, 11) is -3.80. The Labute approximate surface area is 163 Å². The quantitative estimate of drug-likeness (QED) is 0.772. The third kappa shape index (κ3) is 4.21. The lowest BCUT2D eigenvalue weighted by molar-refractivity contribution is -0.119. The van der Waals surface area contributed by atoms with Gasteiger partial charge in [0.2, 0.25) is 15.9 Å². The van der Waals surface area contributed by atoms with Crippen molar-refractivity contribution in [1.29, 1.82) is 0 Å². The molecule has 1 aliphatic rings. The minimum atomic E-state index is -3.80. The molecule has 3 rings (SSSR count). The second-order valence-electron chi connectivity index (χ2n) is 6.35. The summed E-state index contributed by atoms with van der Waals surface area (Å²) in [6.07, 6.45) is 1.03. The van der Waals surface area contributed by atoms with E-state index in [9.17, 15) is 18.0 Å². The van der Waals surface area contributed by atoms with E-state index in [2.05, 4.69) is 5.32 Å². The van der Waals surface area contributed by atoms with Crippen molar-refractivity contribution in [2.75, 3.05) is 11.9 Å². The molecule has 142 valence electrons. The van der Waals surface area contributed by atoms with Gasteiger partial charge in [-0.1, -0.05) is 23.7 Å². The Kier molecular flexibility index (Phi) is 5.64. The molecule has 0 radical (unpaired) electrons. The second kappa shape index (κ2) is 7.80. The van der Waals surface area contributed by atoms with Gasteiger partial charge in [0.1, 0.15) is 6.04 Å². The lowest BCUT2D eigenvalue weighted by Crippen LogP contribution is -2.43. The number of benzene rings is 2. The molecule has 1 amide bonds. The lowest BCUT2D eigenvalue weighted by atomic mass is 10.1. The maximum Gasteiger partial charge on any atom is 0.243 e. The van der Waals surface area contributed by atoms with Gasteiger partial charge in [-0.05, 0) is 56.2 Å². The zero-order chi connectivity index (χ0) is 19.6. The number of anilines is 1. The minimum absolute atomic E-state index is 0.102. The largest absolute Gasteiger partial charge is 0.325 e. The molecule has 1 aliphatic heterocycles. The molecule has 1 atom stereocenters. The summed E-state index contributed by atoms with van der Waals surface area (Å²) in [5, 5.41) is 3.16. The van der Waals surface area contributed by atoms with Crippen molar-refractivity contribution < 1.29 is 18.0 Å². The number of carbonyl (C=O) groups excluding carboxylic acids is 2. The first-order chi connectivity index (χ1) is 12.8. The third-order valence-electron chi connectivity index (χ3n) is 4.46. The monoisotopic (exact) mass is 406 g/mol. The number of rotatable bonds is 5. The van der Waals surface area contributed by atoms with Gasteiger partial charge in [-0.3, -0.25) is 9.59 Å². The smallest absolute Gasteiger partial charge is 0.243 e. The molecule has 0 unspecified atom stereocenters. The Morgan fingerprint density at radius 3 is 2.52 bits per heavy atom. The topological polar surface area (TPSA) is 83.6 Å². The Morgan fingerprint density at radius 2 is 1.85 bits per heavy atom. The number of amides is 1. The average molecular weight is 407 g/mol. The van der Waals surface area contributed by atoms with Crippen molar-refractivity contribution in [2.24, 2.45) is 0 Å². The predicted molar refractivity (Wildman–Crippen MR) is 103 cm³/mol. The van der Waals surface area contributed by atoms with E-state index in [1.165, 1.54) is 35.5 Å². The van der Waals surface area contributed by atoms with E-state index in [1.807, 2.05) is 0 Å². The molecule has 8 heteroatoms. The van der Waals surface area contributed by atoms with Crippen molar-refractivity contribution in [2.45, 2.75) is 30.7 Å². The van der Waals surface area contributed by atoms with E-state index in [1.54, 1.807) is 24.3 Å². The molecular formula is C19H19ClN2O4S. The number of ketones is 1. The molecule has 1 heterocycles. The molecule has 2 aromatic rings. The molecule has 1 N–H and O–H groups in total. The first kappa shape index (κ1) is 19.5.